The Morgan fingerprint density at radius 3 is 1.23 bits per heavy atom. The average molecular weight is 837 g/mol. The van der Waals surface area contributed by atoms with Crippen molar-refractivity contribution in [2.45, 2.75) is 0 Å². The summed E-state index contributed by atoms with van der Waals surface area (Å²) in [4.78, 5) is 15.5. The molecular weight excluding hydrogens is 801 g/mol. The molecule has 0 N–H and O–H groups in total. The molecule has 0 spiro atoms. The fraction of sp³-hybridized carbons (Fsp3) is 0. The highest BCUT2D eigenvalue weighted by Crippen LogP contribution is 2.45. The van der Waals surface area contributed by atoms with Crippen molar-refractivity contribution in [3.63, 3.8) is 0 Å². The first-order valence-electron chi connectivity index (χ1n) is 22.2. The van der Waals surface area contributed by atoms with E-state index in [-0.39, 0.29) is 0 Å². The summed E-state index contributed by atoms with van der Waals surface area (Å²) in [7, 11) is 0. The van der Waals surface area contributed by atoms with E-state index in [1.165, 1.54) is 70.2 Å². The van der Waals surface area contributed by atoms with Gasteiger partial charge in [-0.15, -0.1) is 0 Å². The molecule has 1 aromatic heterocycles. The third-order valence-corrected chi connectivity index (χ3v) is 13.3. The van der Waals surface area contributed by atoms with Crippen molar-refractivity contribution < 1.29 is 0 Å². The van der Waals surface area contributed by atoms with Crippen LogP contribution < -0.4 is 0 Å². The minimum Gasteiger partial charge on any atom is -0.208 e. The number of nitriles is 1. The molecule has 0 saturated heterocycles. The van der Waals surface area contributed by atoms with E-state index < -0.39 is 0 Å². The fourth-order valence-electron chi connectivity index (χ4n) is 10.2. The number of rotatable bonds is 6. The Kier molecular flexibility index (Phi) is 8.56. The normalized spacial score (nSPS) is 11.6. The van der Waals surface area contributed by atoms with Gasteiger partial charge in [-0.25, -0.2) is 15.0 Å². The van der Waals surface area contributed by atoms with Gasteiger partial charge in [0.1, 0.15) is 0 Å². The van der Waals surface area contributed by atoms with Crippen LogP contribution in [-0.4, -0.2) is 15.0 Å². The molecular formula is C62H36N4. The van der Waals surface area contributed by atoms with E-state index in [1.54, 1.807) is 0 Å². The van der Waals surface area contributed by atoms with Gasteiger partial charge < -0.3 is 0 Å². The van der Waals surface area contributed by atoms with Crippen molar-refractivity contribution >= 4 is 64.6 Å². The number of benzene rings is 11. The first kappa shape index (κ1) is 37.5. The molecule has 13 aromatic rings. The monoisotopic (exact) mass is 836 g/mol. The summed E-state index contributed by atoms with van der Waals surface area (Å²) in [6.07, 6.45) is 0. The highest BCUT2D eigenvalue weighted by Gasteiger charge is 2.20. The van der Waals surface area contributed by atoms with E-state index in [4.69, 9.17) is 15.0 Å². The molecule has 0 fully saturated rings. The lowest BCUT2D eigenvalue weighted by atomic mass is 9.86. The van der Waals surface area contributed by atoms with Crippen molar-refractivity contribution in [1.29, 1.82) is 5.26 Å². The van der Waals surface area contributed by atoms with E-state index in [1.807, 2.05) is 72.8 Å². The second-order valence-corrected chi connectivity index (χ2v) is 17.0. The lowest BCUT2D eigenvalue weighted by Gasteiger charge is -2.17. The van der Waals surface area contributed by atoms with E-state index in [2.05, 4.69) is 152 Å². The van der Waals surface area contributed by atoms with Gasteiger partial charge in [-0.05, 0) is 122 Å². The third-order valence-electron chi connectivity index (χ3n) is 13.3. The zero-order valence-corrected chi connectivity index (χ0v) is 35.6. The molecule has 0 aliphatic heterocycles. The topological polar surface area (TPSA) is 62.5 Å². The molecule has 0 aliphatic carbocycles. The van der Waals surface area contributed by atoms with Gasteiger partial charge >= 0.3 is 0 Å². The molecule has 1 heterocycles. The lowest BCUT2D eigenvalue weighted by molar-refractivity contribution is 1.07. The summed E-state index contributed by atoms with van der Waals surface area (Å²) in [5.74, 6) is 1.76. The Morgan fingerprint density at radius 1 is 0.273 bits per heavy atom. The maximum Gasteiger partial charge on any atom is 0.164 e. The van der Waals surface area contributed by atoms with E-state index in [9.17, 15) is 5.26 Å². The molecule has 12 aromatic carbocycles. The van der Waals surface area contributed by atoms with Gasteiger partial charge in [-0.1, -0.05) is 194 Å². The molecule has 0 aliphatic rings. The number of hydrogen-bond acceptors (Lipinski definition) is 4. The van der Waals surface area contributed by atoms with Gasteiger partial charge in [-0.2, -0.15) is 5.26 Å². The van der Waals surface area contributed by atoms with Crippen molar-refractivity contribution in [1.82, 2.24) is 15.0 Å². The van der Waals surface area contributed by atoms with Gasteiger partial charge in [0.2, 0.25) is 0 Å². The van der Waals surface area contributed by atoms with Crippen LogP contribution in [0.4, 0.5) is 0 Å². The zero-order chi connectivity index (χ0) is 43.7. The molecule has 0 amide bonds. The third kappa shape index (κ3) is 6.03. The van der Waals surface area contributed by atoms with Crippen molar-refractivity contribution in [3.05, 3.63) is 224 Å². The van der Waals surface area contributed by atoms with E-state index >= 15 is 0 Å². The summed E-state index contributed by atoms with van der Waals surface area (Å²) >= 11 is 0. The summed E-state index contributed by atoms with van der Waals surface area (Å²) in [6, 6.07) is 79.5. The van der Waals surface area contributed by atoms with Crippen molar-refractivity contribution in [3.8, 4) is 73.6 Å². The van der Waals surface area contributed by atoms with Crippen LogP contribution >= 0.6 is 0 Å². The predicted octanol–water partition coefficient (Wildman–Crippen LogP) is 16.1. The molecule has 0 atom stereocenters. The van der Waals surface area contributed by atoms with Crippen LogP contribution in [-0.2, 0) is 0 Å². The van der Waals surface area contributed by atoms with Crippen LogP contribution in [0.1, 0.15) is 5.56 Å². The minimum atomic E-state index is 0.575. The molecule has 4 heteroatoms. The molecule has 66 heavy (non-hydrogen) atoms. The Balaban J connectivity index is 0.967. The molecule has 0 radical (unpaired) electrons. The maximum absolute atomic E-state index is 9.47. The Morgan fingerprint density at radius 2 is 0.697 bits per heavy atom. The number of nitrogens with zero attached hydrogens (tertiary/aromatic N) is 4. The van der Waals surface area contributed by atoms with Crippen molar-refractivity contribution in [2.24, 2.45) is 0 Å². The second-order valence-electron chi connectivity index (χ2n) is 17.0. The SMILES string of the molecule is N#Cc1ccc(-c2ccccc2-c2nc(-c3ccccc3)nc(-c3ccccc3-c3ccc(-c4cc5ccc6cccc7c8cccc9ccc%10cccc(c(c4)c5c67)c%10c98)cc3)n2)cc1. The zero-order valence-electron chi connectivity index (χ0n) is 35.6. The summed E-state index contributed by atoms with van der Waals surface area (Å²) in [5.41, 5.74) is 9.67. The molecule has 0 bridgehead atoms. The van der Waals surface area contributed by atoms with Crippen LogP contribution in [0.5, 0.6) is 0 Å². The average Bonchev–Trinajstić information content (AvgIpc) is 3.39. The number of hydrogen-bond donors (Lipinski definition) is 0. The van der Waals surface area contributed by atoms with Crippen LogP contribution in [0.25, 0.3) is 132 Å². The van der Waals surface area contributed by atoms with Gasteiger partial charge in [0, 0.05) is 16.7 Å². The molecule has 0 saturated carbocycles. The smallest absolute Gasteiger partial charge is 0.164 e. The van der Waals surface area contributed by atoms with Gasteiger partial charge in [-0.3, -0.25) is 0 Å². The largest absolute Gasteiger partial charge is 0.208 e. The lowest BCUT2D eigenvalue weighted by Crippen LogP contribution is -2.02. The van der Waals surface area contributed by atoms with Gasteiger partial charge in [0.15, 0.2) is 17.5 Å². The second kappa shape index (κ2) is 15.1. The van der Waals surface area contributed by atoms with E-state index in [0.717, 1.165) is 44.5 Å². The van der Waals surface area contributed by atoms with Crippen molar-refractivity contribution in [2.75, 3.05) is 0 Å². The quantitative estimate of drug-likeness (QED) is 0.157. The molecule has 13 rings (SSSR count). The summed E-state index contributed by atoms with van der Waals surface area (Å²) < 4.78 is 0. The van der Waals surface area contributed by atoms with Crippen LogP contribution in [0, 0.1) is 11.3 Å². The first-order chi connectivity index (χ1) is 32.7. The Labute approximate surface area is 380 Å². The standard InChI is InChI=1S/C62H36N4/c63-37-38-23-25-40(26-24-38)48-16-4-6-18-53(48)61-64-60(45-11-2-1-3-12-45)65-62(66-61)54-19-7-5-17-49(54)41-29-27-39(28-30-41)47-35-46-34-33-44-14-9-21-51-50-20-8-13-42-31-32-43-15-10-22-52(58(43)56(42)50)55(36-47)59(46)57(44)51/h1-36H. The summed E-state index contributed by atoms with van der Waals surface area (Å²) in [6.45, 7) is 0. The molecule has 4 nitrogen and oxygen atoms in total. The van der Waals surface area contributed by atoms with Crippen LogP contribution in [0.15, 0.2) is 218 Å². The van der Waals surface area contributed by atoms with Gasteiger partial charge in [0.25, 0.3) is 0 Å². The minimum absolute atomic E-state index is 0.575. The highest BCUT2D eigenvalue weighted by atomic mass is 15.0. The molecule has 0 unspecified atom stereocenters. The Bertz CT molecular complexity index is 4090. The van der Waals surface area contributed by atoms with Gasteiger partial charge in [0.05, 0.1) is 11.6 Å². The van der Waals surface area contributed by atoms with Crippen LogP contribution in [0.2, 0.25) is 0 Å². The predicted molar refractivity (Wildman–Crippen MR) is 273 cm³/mol. The number of aromatic nitrogens is 3. The molecule has 304 valence electrons. The number of fused-ring (bicyclic) bond motifs is 2. The van der Waals surface area contributed by atoms with E-state index in [0.29, 0.717) is 23.0 Å². The highest BCUT2D eigenvalue weighted by molar-refractivity contribution is 6.37. The fourth-order valence-corrected chi connectivity index (χ4v) is 10.2. The van der Waals surface area contributed by atoms with Crippen LogP contribution in [0.3, 0.4) is 0 Å². The Hall–Kier alpha value is -9.04. The summed E-state index contributed by atoms with van der Waals surface area (Å²) in [5, 5.41) is 24.7. The maximum atomic E-state index is 9.47. The first-order valence-corrected chi connectivity index (χ1v) is 22.2.